The summed E-state index contributed by atoms with van der Waals surface area (Å²) in [5.74, 6) is 0.134. The van der Waals surface area contributed by atoms with Crippen LogP contribution in [0.4, 0.5) is 0 Å². The average molecular weight is 368 g/mol. The second kappa shape index (κ2) is 18.3. The first-order valence-corrected chi connectivity index (χ1v) is 10.0. The number of nitrogens with one attached hydrogen (secondary N) is 1. The van der Waals surface area contributed by atoms with Crippen molar-refractivity contribution < 1.29 is 19.8 Å². The summed E-state index contributed by atoms with van der Waals surface area (Å²) in [4.78, 5) is 23.0. The number of carbonyl (C=O) groups excluding carboxylic acids is 2. The normalized spacial score (nSPS) is 12.7. The Labute approximate surface area is 158 Å². The van der Waals surface area contributed by atoms with Gasteiger partial charge in [-0.15, -0.1) is 0 Å². The van der Waals surface area contributed by atoms with Crippen LogP contribution in [-0.2, 0) is 9.59 Å². The van der Waals surface area contributed by atoms with Gasteiger partial charge in [-0.3, -0.25) is 9.59 Å². The SMILES string of the molecule is CCCCCC(=O)/C=C/C=C\CCCCCCCC(=O)NC[C@H](O)CO. The van der Waals surface area contributed by atoms with Gasteiger partial charge in [-0.2, -0.15) is 0 Å². The zero-order valence-corrected chi connectivity index (χ0v) is 16.3. The van der Waals surface area contributed by atoms with Crippen molar-refractivity contribution in [3.63, 3.8) is 0 Å². The lowest BCUT2D eigenvalue weighted by molar-refractivity contribution is -0.121. The minimum absolute atomic E-state index is 0.0727. The largest absolute Gasteiger partial charge is 0.394 e. The second-order valence-electron chi connectivity index (χ2n) is 6.66. The molecule has 26 heavy (non-hydrogen) atoms. The summed E-state index contributed by atoms with van der Waals surface area (Å²) in [6, 6.07) is 0. The van der Waals surface area contributed by atoms with Crippen molar-refractivity contribution in [2.24, 2.45) is 0 Å². The molecule has 0 saturated carbocycles. The number of carbonyl (C=O) groups is 2. The van der Waals surface area contributed by atoms with E-state index in [0.29, 0.717) is 12.8 Å². The summed E-state index contributed by atoms with van der Waals surface area (Å²) >= 11 is 0. The van der Waals surface area contributed by atoms with Crippen LogP contribution in [0.3, 0.4) is 0 Å². The molecule has 5 nitrogen and oxygen atoms in total. The zero-order valence-electron chi connectivity index (χ0n) is 16.3. The minimum Gasteiger partial charge on any atom is -0.394 e. The summed E-state index contributed by atoms with van der Waals surface area (Å²) in [6.45, 7) is 1.91. The van der Waals surface area contributed by atoms with E-state index >= 15 is 0 Å². The molecule has 0 bridgehead atoms. The second-order valence-corrected chi connectivity index (χ2v) is 6.66. The molecule has 0 rings (SSSR count). The van der Waals surface area contributed by atoms with Crippen molar-refractivity contribution in [2.75, 3.05) is 13.2 Å². The molecule has 0 saturated heterocycles. The quantitative estimate of drug-likeness (QED) is 0.209. The van der Waals surface area contributed by atoms with Crippen LogP contribution in [-0.4, -0.2) is 41.2 Å². The summed E-state index contributed by atoms with van der Waals surface area (Å²) in [7, 11) is 0. The molecule has 5 heteroatoms. The molecule has 0 heterocycles. The van der Waals surface area contributed by atoms with Crippen LogP contribution >= 0.6 is 0 Å². The number of amides is 1. The monoisotopic (exact) mass is 367 g/mol. The van der Waals surface area contributed by atoms with Crippen LogP contribution < -0.4 is 5.32 Å². The first-order chi connectivity index (χ1) is 12.6. The van der Waals surface area contributed by atoms with Gasteiger partial charge in [-0.05, 0) is 31.8 Å². The lowest BCUT2D eigenvalue weighted by Gasteiger charge is -2.08. The molecule has 0 unspecified atom stereocenters. The lowest BCUT2D eigenvalue weighted by Crippen LogP contribution is -2.33. The first-order valence-electron chi connectivity index (χ1n) is 10.0. The molecule has 0 aromatic carbocycles. The highest BCUT2D eigenvalue weighted by Gasteiger charge is 2.05. The van der Waals surface area contributed by atoms with Gasteiger partial charge in [-0.1, -0.05) is 57.3 Å². The maximum absolute atomic E-state index is 11.5. The molecule has 0 aromatic heterocycles. The third-order valence-corrected chi connectivity index (χ3v) is 4.08. The van der Waals surface area contributed by atoms with Crippen molar-refractivity contribution in [3.05, 3.63) is 24.3 Å². The van der Waals surface area contributed by atoms with Gasteiger partial charge in [0, 0.05) is 19.4 Å². The summed E-state index contributed by atoms with van der Waals surface area (Å²) in [5.41, 5.74) is 0. The van der Waals surface area contributed by atoms with Gasteiger partial charge in [0.25, 0.3) is 0 Å². The number of ketones is 1. The number of allylic oxidation sites excluding steroid dienone is 4. The van der Waals surface area contributed by atoms with E-state index < -0.39 is 6.10 Å². The third-order valence-electron chi connectivity index (χ3n) is 4.08. The molecule has 3 N–H and O–H groups in total. The van der Waals surface area contributed by atoms with Gasteiger partial charge >= 0.3 is 0 Å². The van der Waals surface area contributed by atoms with Crippen LogP contribution in [0.25, 0.3) is 0 Å². The number of rotatable bonds is 17. The molecular weight excluding hydrogens is 330 g/mol. The minimum atomic E-state index is -0.874. The van der Waals surface area contributed by atoms with Gasteiger partial charge in [0.1, 0.15) is 0 Å². The van der Waals surface area contributed by atoms with E-state index in [0.717, 1.165) is 57.8 Å². The van der Waals surface area contributed by atoms with E-state index in [1.54, 1.807) is 6.08 Å². The Bertz CT molecular complexity index is 418. The predicted molar refractivity (Wildman–Crippen MR) is 106 cm³/mol. The Morgan fingerprint density at radius 3 is 2.38 bits per heavy atom. The Morgan fingerprint density at radius 2 is 1.65 bits per heavy atom. The average Bonchev–Trinajstić information content (AvgIpc) is 2.64. The van der Waals surface area contributed by atoms with Crippen molar-refractivity contribution in [1.29, 1.82) is 0 Å². The van der Waals surface area contributed by atoms with Gasteiger partial charge in [0.15, 0.2) is 5.78 Å². The van der Waals surface area contributed by atoms with Gasteiger partial charge in [0.2, 0.25) is 5.91 Å². The Kier molecular flexibility index (Phi) is 17.3. The Balaban J connectivity index is 3.45. The molecule has 0 fully saturated rings. The molecule has 0 aliphatic rings. The van der Waals surface area contributed by atoms with Crippen molar-refractivity contribution in [1.82, 2.24) is 5.32 Å². The standard InChI is InChI=1S/C21H37NO4/c1-2-3-11-14-19(24)15-12-9-7-5-4-6-8-10-13-16-21(26)22-17-20(25)18-23/h7,9,12,15,20,23,25H,2-6,8,10-11,13-14,16-18H2,1H3,(H,22,26)/b9-7-,15-12+/t20-/m0/s1. The first kappa shape index (κ1) is 24.5. The third kappa shape index (κ3) is 17.4. The fourth-order valence-corrected chi connectivity index (χ4v) is 2.43. The van der Waals surface area contributed by atoms with Crippen LogP contribution in [0, 0.1) is 0 Å². The number of unbranched alkanes of at least 4 members (excludes halogenated alkanes) is 7. The fourth-order valence-electron chi connectivity index (χ4n) is 2.43. The van der Waals surface area contributed by atoms with E-state index in [-0.39, 0.29) is 24.8 Å². The number of aliphatic hydroxyl groups excluding tert-OH is 2. The van der Waals surface area contributed by atoms with Crippen molar-refractivity contribution in [3.8, 4) is 0 Å². The highest BCUT2D eigenvalue weighted by molar-refractivity contribution is 5.89. The summed E-state index contributed by atoms with van der Waals surface area (Å²) < 4.78 is 0. The molecule has 1 amide bonds. The highest BCUT2D eigenvalue weighted by Crippen LogP contribution is 2.08. The van der Waals surface area contributed by atoms with E-state index in [2.05, 4.69) is 18.3 Å². The number of aliphatic hydroxyl groups is 2. The van der Waals surface area contributed by atoms with Crippen LogP contribution in [0.5, 0.6) is 0 Å². The van der Waals surface area contributed by atoms with E-state index in [9.17, 15) is 9.59 Å². The predicted octanol–water partition coefficient (Wildman–Crippen LogP) is 3.45. The molecule has 0 radical (unpaired) electrons. The molecule has 1 atom stereocenters. The maximum atomic E-state index is 11.5. The van der Waals surface area contributed by atoms with Gasteiger partial charge < -0.3 is 15.5 Å². The van der Waals surface area contributed by atoms with E-state index in [1.807, 2.05) is 12.2 Å². The van der Waals surface area contributed by atoms with E-state index in [1.165, 1.54) is 0 Å². The smallest absolute Gasteiger partial charge is 0.220 e. The fraction of sp³-hybridized carbons (Fsp3) is 0.714. The Hall–Kier alpha value is -1.46. The van der Waals surface area contributed by atoms with Crippen LogP contribution in [0.1, 0.15) is 77.6 Å². The summed E-state index contributed by atoms with van der Waals surface area (Å²) in [6.07, 6.45) is 17.2. The topological polar surface area (TPSA) is 86.6 Å². The lowest BCUT2D eigenvalue weighted by atomic mass is 10.1. The highest BCUT2D eigenvalue weighted by atomic mass is 16.3. The van der Waals surface area contributed by atoms with Crippen LogP contribution in [0.2, 0.25) is 0 Å². The van der Waals surface area contributed by atoms with Gasteiger partial charge in [0.05, 0.1) is 12.7 Å². The number of hydrogen-bond acceptors (Lipinski definition) is 4. The molecule has 0 spiro atoms. The van der Waals surface area contributed by atoms with Crippen molar-refractivity contribution >= 4 is 11.7 Å². The molecule has 0 aromatic rings. The van der Waals surface area contributed by atoms with Crippen LogP contribution in [0.15, 0.2) is 24.3 Å². The van der Waals surface area contributed by atoms with Crippen molar-refractivity contribution in [2.45, 2.75) is 83.7 Å². The molecule has 150 valence electrons. The van der Waals surface area contributed by atoms with Gasteiger partial charge in [-0.25, -0.2) is 0 Å². The summed E-state index contributed by atoms with van der Waals surface area (Å²) in [5, 5.41) is 20.4. The zero-order chi connectivity index (χ0) is 19.5. The Morgan fingerprint density at radius 1 is 0.962 bits per heavy atom. The van der Waals surface area contributed by atoms with E-state index in [4.69, 9.17) is 10.2 Å². The molecular formula is C21H37NO4. The maximum Gasteiger partial charge on any atom is 0.220 e. The molecule has 0 aliphatic heterocycles. The number of hydrogen-bond donors (Lipinski definition) is 3. The molecule has 0 aliphatic carbocycles.